The van der Waals surface area contributed by atoms with Gasteiger partial charge >= 0.3 is 6.11 Å². The van der Waals surface area contributed by atoms with Crippen molar-refractivity contribution in [2.75, 3.05) is 0 Å². The lowest BCUT2D eigenvalue weighted by Gasteiger charge is -2.38. The van der Waals surface area contributed by atoms with Crippen molar-refractivity contribution in [2.24, 2.45) is 17.8 Å². The van der Waals surface area contributed by atoms with Crippen LogP contribution < -0.4 is 4.74 Å². The van der Waals surface area contributed by atoms with Gasteiger partial charge in [0, 0.05) is 11.6 Å². The first-order chi connectivity index (χ1) is 21.1. The van der Waals surface area contributed by atoms with Gasteiger partial charge in [0.1, 0.15) is 28.8 Å². The fraction of sp³-hybridized carbons (Fsp3) is 0.500. The summed E-state index contributed by atoms with van der Waals surface area (Å²) in [6, 6.07) is 7.25. The monoisotopic (exact) mass is 620 g/mol. The third-order valence-electron chi connectivity index (χ3n) is 9.79. The molecule has 0 radical (unpaired) electrons. The molecule has 3 aromatic carbocycles. The van der Waals surface area contributed by atoms with Gasteiger partial charge in [-0.1, -0.05) is 51.5 Å². The first kappa shape index (κ1) is 32.4. The number of unbranched alkanes of at least 4 members (excludes halogenated alkanes) is 2. The molecule has 0 aromatic heterocycles. The van der Waals surface area contributed by atoms with Crippen molar-refractivity contribution in [3.63, 3.8) is 0 Å². The van der Waals surface area contributed by atoms with Crippen molar-refractivity contribution in [3.05, 3.63) is 88.7 Å². The molecule has 0 aliphatic heterocycles. The van der Waals surface area contributed by atoms with Crippen LogP contribution in [0.25, 0.3) is 11.1 Å². The summed E-state index contributed by atoms with van der Waals surface area (Å²) >= 11 is 0. The number of halogens is 7. The van der Waals surface area contributed by atoms with Crippen LogP contribution in [0.3, 0.4) is 0 Å². The summed E-state index contributed by atoms with van der Waals surface area (Å²) in [5, 5.41) is 0. The molecule has 0 spiro atoms. The molecular weight excluding hydrogens is 581 g/mol. The predicted molar refractivity (Wildman–Crippen MR) is 157 cm³/mol. The summed E-state index contributed by atoms with van der Waals surface area (Å²) in [5.74, 6) is -4.89. The molecule has 0 saturated heterocycles. The normalized spacial score (nSPS) is 22.6. The molecule has 3 aromatic rings. The van der Waals surface area contributed by atoms with Crippen LogP contribution in [-0.4, -0.2) is 0 Å². The van der Waals surface area contributed by atoms with Crippen molar-refractivity contribution in [2.45, 2.75) is 96.0 Å². The van der Waals surface area contributed by atoms with Gasteiger partial charge in [0.25, 0.3) is 0 Å². The summed E-state index contributed by atoms with van der Waals surface area (Å²) < 4.78 is 106. The van der Waals surface area contributed by atoms with E-state index in [-0.39, 0.29) is 17.0 Å². The molecule has 0 unspecified atom stereocenters. The minimum Gasteiger partial charge on any atom is -0.429 e. The highest BCUT2D eigenvalue weighted by molar-refractivity contribution is 5.65. The molecule has 44 heavy (non-hydrogen) atoms. The first-order valence-electron chi connectivity index (χ1n) is 15.9. The molecule has 0 bridgehead atoms. The summed E-state index contributed by atoms with van der Waals surface area (Å²) in [7, 11) is 0. The lowest BCUT2D eigenvalue weighted by atomic mass is 9.68. The smallest absolute Gasteiger partial charge is 0.429 e. The van der Waals surface area contributed by atoms with Crippen molar-refractivity contribution in [3.8, 4) is 16.9 Å². The molecular formula is C36H39F7O. The van der Waals surface area contributed by atoms with Gasteiger partial charge in [0.15, 0.2) is 11.6 Å². The summed E-state index contributed by atoms with van der Waals surface area (Å²) in [4.78, 5) is 0. The van der Waals surface area contributed by atoms with E-state index in [0.29, 0.717) is 23.5 Å². The van der Waals surface area contributed by atoms with Crippen LogP contribution in [0, 0.1) is 46.8 Å². The average molecular weight is 621 g/mol. The maximum Gasteiger partial charge on any atom is 0.432 e. The van der Waals surface area contributed by atoms with Crippen molar-refractivity contribution < 1.29 is 35.5 Å². The van der Waals surface area contributed by atoms with E-state index in [1.807, 2.05) is 0 Å². The molecule has 0 N–H and O–H groups in total. The highest BCUT2D eigenvalue weighted by Crippen LogP contribution is 2.46. The molecule has 8 heteroatoms. The molecule has 1 nitrogen and oxygen atoms in total. The fourth-order valence-electron chi connectivity index (χ4n) is 7.32. The first-order valence-corrected chi connectivity index (χ1v) is 15.9. The molecule has 2 fully saturated rings. The van der Waals surface area contributed by atoms with Crippen LogP contribution in [-0.2, 0) is 6.11 Å². The number of ether oxygens (including phenoxy) is 1. The second kappa shape index (κ2) is 13.9. The quantitative estimate of drug-likeness (QED) is 0.162. The molecule has 5 rings (SSSR count). The molecule has 0 atom stereocenters. The van der Waals surface area contributed by atoms with Crippen molar-refractivity contribution in [1.82, 2.24) is 0 Å². The lowest BCUT2D eigenvalue weighted by molar-refractivity contribution is -0.189. The van der Waals surface area contributed by atoms with Gasteiger partial charge in [-0.2, -0.15) is 8.78 Å². The lowest BCUT2D eigenvalue weighted by Crippen LogP contribution is -2.27. The highest BCUT2D eigenvalue weighted by Gasteiger charge is 2.42. The van der Waals surface area contributed by atoms with Crippen LogP contribution in [0.15, 0.2) is 48.5 Å². The molecule has 238 valence electrons. The minimum atomic E-state index is -4.43. The van der Waals surface area contributed by atoms with E-state index in [0.717, 1.165) is 74.1 Å². The van der Waals surface area contributed by atoms with E-state index < -0.39 is 46.5 Å². The van der Waals surface area contributed by atoms with Gasteiger partial charge in [0.2, 0.25) is 0 Å². The fourth-order valence-corrected chi connectivity index (χ4v) is 7.32. The zero-order chi connectivity index (χ0) is 31.4. The second-order valence-electron chi connectivity index (χ2n) is 12.6. The number of rotatable bonds is 10. The Morgan fingerprint density at radius 2 is 1.30 bits per heavy atom. The Labute approximate surface area is 254 Å². The summed E-state index contributed by atoms with van der Waals surface area (Å²) in [6.07, 6.45) is 9.26. The van der Waals surface area contributed by atoms with Crippen molar-refractivity contribution in [1.29, 1.82) is 0 Å². The number of hydrogen-bond acceptors (Lipinski definition) is 1. The van der Waals surface area contributed by atoms with Gasteiger partial charge in [-0.15, -0.1) is 0 Å². The van der Waals surface area contributed by atoms with Gasteiger partial charge in [-0.3, -0.25) is 0 Å². The molecule has 2 aliphatic rings. The SMILES string of the molecule is CCCCCC1CCC(C2CCC(c3cc(F)c(C(F)(F)Oc4ccc(-c5ccc(F)c(F)c5)c(F)c4)c(F)c3)CC2)CC1. The van der Waals surface area contributed by atoms with E-state index in [9.17, 15) is 13.2 Å². The van der Waals surface area contributed by atoms with Gasteiger partial charge in [-0.25, -0.2) is 22.0 Å². The predicted octanol–water partition coefficient (Wildman–Crippen LogP) is 11.8. The maximum absolute atomic E-state index is 15.1. The van der Waals surface area contributed by atoms with Gasteiger partial charge < -0.3 is 4.74 Å². The average Bonchev–Trinajstić information content (AvgIpc) is 2.98. The Bertz CT molecular complexity index is 1400. The van der Waals surface area contributed by atoms with Crippen LogP contribution in [0.1, 0.15) is 101 Å². The third kappa shape index (κ3) is 7.43. The summed E-state index contributed by atoms with van der Waals surface area (Å²) in [6.45, 7) is 2.23. The Hall–Kier alpha value is -3.03. The van der Waals surface area contributed by atoms with Crippen LogP contribution >= 0.6 is 0 Å². The van der Waals surface area contributed by atoms with Crippen LogP contribution in [0.2, 0.25) is 0 Å². The highest BCUT2D eigenvalue weighted by atomic mass is 19.3. The molecule has 0 heterocycles. The van der Waals surface area contributed by atoms with Gasteiger partial charge in [0.05, 0.1) is 0 Å². The topological polar surface area (TPSA) is 9.23 Å². The third-order valence-corrected chi connectivity index (χ3v) is 9.79. The number of benzene rings is 3. The van der Waals surface area contributed by atoms with Crippen LogP contribution in [0.5, 0.6) is 5.75 Å². The van der Waals surface area contributed by atoms with E-state index in [1.165, 1.54) is 51.4 Å². The zero-order valence-corrected chi connectivity index (χ0v) is 25.0. The van der Waals surface area contributed by atoms with Crippen molar-refractivity contribution >= 4 is 0 Å². The molecule has 0 amide bonds. The largest absolute Gasteiger partial charge is 0.432 e. The van der Waals surface area contributed by atoms with Crippen LogP contribution in [0.4, 0.5) is 30.7 Å². The second-order valence-corrected chi connectivity index (χ2v) is 12.6. The standard InChI is InChI=1S/C36H39F7O/c1-2-3-4-5-22-6-8-23(9-7-22)24-10-12-25(13-11-24)27-19-33(40)35(34(41)20-27)36(42,43)44-28-15-16-29(31(38)21-28)26-14-17-30(37)32(39)18-26/h14-25H,2-13H2,1H3. The Morgan fingerprint density at radius 3 is 1.89 bits per heavy atom. The Balaban J connectivity index is 1.20. The van der Waals surface area contributed by atoms with E-state index >= 15 is 17.6 Å². The maximum atomic E-state index is 15.1. The zero-order valence-electron chi connectivity index (χ0n) is 25.0. The Morgan fingerprint density at radius 1 is 0.659 bits per heavy atom. The molecule has 2 saturated carbocycles. The number of hydrogen-bond donors (Lipinski definition) is 0. The summed E-state index contributed by atoms with van der Waals surface area (Å²) in [5.41, 5.74) is -1.40. The van der Waals surface area contributed by atoms with E-state index in [1.54, 1.807) is 0 Å². The Kier molecular flexibility index (Phi) is 10.3. The van der Waals surface area contributed by atoms with Gasteiger partial charge in [-0.05, 0) is 110 Å². The van der Waals surface area contributed by atoms with E-state index in [4.69, 9.17) is 0 Å². The number of alkyl halides is 2. The minimum absolute atomic E-state index is 0.0217. The molecule has 2 aliphatic carbocycles. The van der Waals surface area contributed by atoms with E-state index in [2.05, 4.69) is 11.7 Å².